The van der Waals surface area contributed by atoms with Crippen LogP contribution < -0.4 is 4.74 Å². The van der Waals surface area contributed by atoms with Crippen LogP contribution in [0.15, 0.2) is 48.8 Å². The van der Waals surface area contributed by atoms with E-state index in [1.54, 1.807) is 6.20 Å². The zero-order chi connectivity index (χ0) is 17.4. The zero-order valence-electron chi connectivity index (χ0n) is 13.8. The van der Waals surface area contributed by atoms with E-state index in [1.165, 1.54) is 0 Å². The molecule has 0 spiro atoms. The van der Waals surface area contributed by atoms with Crippen molar-refractivity contribution in [2.75, 3.05) is 13.2 Å². The van der Waals surface area contributed by atoms with E-state index in [2.05, 4.69) is 26.8 Å². The topological polar surface area (TPSA) is 83.3 Å². The van der Waals surface area contributed by atoms with Gasteiger partial charge in [0.05, 0.1) is 6.61 Å². The molecule has 0 amide bonds. The van der Waals surface area contributed by atoms with Gasteiger partial charge in [0.25, 0.3) is 0 Å². The maximum atomic E-state index is 9.46. The summed E-state index contributed by atoms with van der Waals surface area (Å²) in [6.07, 6.45) is 2.96. The number of nitrogens with one attached hydrogen (secondary N) is 1. The Bertz CT molecular complexity index is 1000. The number of aryl methyl sites for hydroxylation is 1. The van der Waals surface area contributed by atoms with E-state index in [0.717, 1.165) is 33.2 Å². The number of aromatic nitrogens is 3. The van der Waals surface area contributed by atoms with Gasteiger partial charge < -0.3 is 24.5 Å². The highest BCUT2D eigenvalue weighted by molar-refractivity contribution is 5.98. The fourth-order valence-corrected chi connectivity index (χ4v) is 3.02. The minimum atomic E-state index is -0.884. The molecule has 1 aromatic carbocycles. The van der Waals surface area contributed by atoms with Crippen LogP contribution in [0.1, 0.15) is 0 Å². The lowest BCUT2D eigenvalue weighted by molar-refractivity contribution is 0.0536. The molecule has 4 aromatic rings. The van der Waals surface area contributed by atoms with Gasteiger partial charge in [-0.1, -0.05) is 0 Å². The van der Waals surface area contributed by atoms with Crippen molar-refractivity contribution in [3.8, 4) is 17.0 Å². The van der Waals surface area contributed by atoms with Gasteiger partial charge in [0.1, 0.15) is 24.1 Å². The van der Waals surface area contributed by atoms with Crippen LogP contribution in [0.3, 0.4) is 0 Å². The van der Waals surface area contributed by atoms with Crippen molar-refractivity contribution in [3.63, 3.8) is 0 Å². The number of aliphatic hydroxyl groups is 2. The number of nitrogens with zero attached hydrogens (tertiary/aromatic N) is 2. The number of benzene rings is 1. The Labute approximate surface area is 144 Å². The van der Waals surface area contributed by atoms with E-state index in [-0.39, 0.29) is 13.2 Å². The summed E-state index contributed by atoms with van der Waals surface area (Å²) in [4.78, 5) is 7.71. The number of pyridine rings is 1. The molecule has 3 N–H and O–H groups in total. The van der Waals surface area contributed by atoms with Crippen molar-refractivity contribution in [2.45, 2.75) is 6.10 Å². The van der Waals surface area contributed by atoms with Gasteiger partial charge in [0.15, 0.2) is 0 Å². The Morgan fingerprint density at radius 1 is 1.28 bits per heavy atom. The fourth-order valence-electron chi connectivity index (χ4n) is 3.02. The van der Waals surface area contributed by atoms with Crippen LogP contribution in [0.4, 0.5) is 0 Å². The molecule has 1 atom stereocenters. The van der Waals surface area contributed by atoms with Gasteiger partial charge in [0, 0.05) is 47.0 Å². The lowest BCUT2D eigenvalue weighted by Crippen LogP contribution is -2.21. The first kappa shape index (κ1) is 15.7. The molecule has 0 saturated carbocycles. The Morgan fingerprint density at radius 3 is 2.96 bits per heavy atom. The molecular weight excluding hydrogens is 318 g/mol. The fraction of sp³-hybridized carbons (Fsp3) is 0.211. The maximum Gasteiger partial charge on any atom is 0.137 e. The average Bonchev–Trinajstić information content (AvgIpc) is 3.20. The summed E-state index contributed by atoms with van der Waals surface area (Å²) in [7, 11) is 2.00. The molecular formula is C19H19N3O3. The standard InChI is InChI=1S/C19H19N3O3/c1-22-9-16(17-7-12-3-2-6-20-19(12)21-17)15-8-14(4-5-18(15)22)25-11-13(24)10-23/h2-9,13,23-24H,10-11H2,1H3,(H,20,21). The second-order valence-electron chi connectivity index (χ2n) is 6.10. The lowest BCUT2D eigenvalue weighted by atomic mass is 10.1. The molecule has 0 aliphatic carbocycles. The van der Waals surface area contributed by atoms with Crippen molar-refractivity contribution in [1.82, 2.24) is 14.5 Å². The van der Waals surface area contributed by atoms with Gasteiger partial charge in [-0.05, 0) is 36.4 Å². The van der Waals surface area contributed by atoms with Gasteiger partial charge in [-0.3, -0.25) is 0 Å². The number of ether oxygens (including phenoxy) is 1. The summed E-state index contributed by atoms with van der Waals surface area (Å²) in [6.45, 7) is -0.263. The summed E-state index contributed by atoms with van der Waals surface area (Å²) < 4.78 is 7.65. The summed E-state index contributed by atoms with van der Waals surface area (Å²) >= 11 is 0. The summed E-state index contributed by atoms with van der Waals surface area (Å²) in [5, 5.41) is 20.5. The molecule has 0 saturated heterocycles. The molecule has 25 heavy (non-hydrogen) atoms. The van der Waals surface area contributed by atoms with Crippen LogP contribution in [0.2, 0.25) is 0 Å². The monoisotopic (exact) mass is 337 g/mol. The van der Waals surface area contributed by atoms with Crippen LogP contribution in [-0.4, -0.2) is 44.1 Å². The van der Waals surface area contributed by atoms with E-state index >= 15 is 0 Å². The number of rotatable bonds is 5. The van der Waals surface area contributed by atoms with E-state index < -0.39 is 6.10 Å². The minimum Gasteiger partial charge on any atom is -0.491 e. The highest BCUT2D eigenvalue weighted by atomic mass is 16.5. The number of fused-ring (bicyclic) bond motifs is 2. The number of aromatic amines is 1. The average molecular weight is 337 g/mol. The molecule has 6 nitrogen and oxygen atoms in total. The number of hydrogen-bond acceptors (Lipinski definition) is 4. The van der Waals surface area contributed by atoms with Crippen molar-refractivity contribution in [1.29, 1.82) is 0 Å². The van der Waals surface area contributed by atoms with Gasteiger partial charge in [-0.25, -0.2) is 4.98 Å². The molecule has 0 radical (unpaired) electrons. The highest BCUT2D eigenvalue weighted by Gasteiger charge is 2.13. The molecule has 4 rings (SSSR count). The molecule has 3 heterocycles. The summed E-state index contributed by atoms with van der Waals surface area (Å²) in [5.41, 5.74) is 3.99. The van der Waals surface area contributed by atoms with E-state index in [0.29, 0.717) is 5.75 Å². The molecule has 128 valence electrons. The zero-order valence-corrected chi connectivity index (χ0v) is 13.8. The first-order valence-electron chi connectivity index (χ1n) is 8.10. The van der Waals surface area contributed by atoms with E-state index in [9.17, 15) is 5.11 Å². The highest BCUT2D eigenvalue weighted by Crippen LogP contribution is 2.33. The van der Waals surface area contributed by atoms with Gasteiger partial charge in [0.2, 0.25) is 0 Å². The Kier molecular flexibility index (Phi) is 3.91. The predicted octanol–water partition coefficient (Wildman–Crippen LogP) is 2.45. The van der Waals surface area contributed by atoms with Gasteiger partial charge >= 0.3 is 0 Å². The van der Waals surface area contributed by atoms with Crippen LogP contribution in [-0.2, 0) is 7.05 Å². The second kappa shape index (κ2) is 6.23. The third kappa shape index (κ3) is 2.86. The second-order valence-corrected chi connectivity index (χ2v) is 6.10. The molecule has 0 aliphatic heterocycles. The number of aliphatic hydroxyl groups excluding tert-OH is 2. The quantitative estimate of drug-likeness (QED) is 0.522. The van der Waals surface area contributed by atoms with Crippen LogP contribution in [0.5, 0.6) is 5.75 Å². The smallest absolute Gasteiger partial charge is 0.137 e. The third-order valence-electron chi connectivity index (χ3n) is 4.30. The molecule has 0 fully saturated rings. The van der Waals surface area contributed by atoms with Crippen molar-refractivity contribution >= 4 is 21.9 Å². The predicted molar refractivity (Wildman–Crippen MR) is 96.6 cm³/mol. The maximum absolute atomic E-state index is 9.46. The van der Waals surface area contributed by atoms with Crippen LogP contribution in [0, 0.1) is 0 Å². The number of hydrogen-bond donors (Lipinski definition) is 3. The SMILES string of the molecule is Cn1cc(-c2cc3cccnc3[nH]2)c2cc(OCC(O)CO)ccc21. The first-order chi connectivity index (χ1) is 12.2. The molecule has 0 bridgehead atoms. The van der Waals surface area contributed by atoms with E-state index in [1.807, 2.05) is 37.4 Å². The molecule has 1 unspecified atom stereocenters. The van der Waals surface area contributed by atoms with Crippen LogP contribution >= 0.6 is 0 Å². The van der Waals surface area contributed by atoms with Crippen LogP contribution in [0.25, 0.3) is 33.2 Å². The van der Waals surface area contributed by atoms with Crippen molar-refractivity contribution < 1.29 is 14.9 Å². The molecule has 6 heteroatoms. The van der Waals surface area contributed by atoms with Gasteiger partial charge in [-0.15, -0.1) is 0 Å². The molecule has 3 aromatic heterocycles. The number of H-pyrrole nitrogens is 1. The summed E-state index contributed by atoms with van der Waals surface area (Å²) in [6, 6.07) is 11.8. The van der Waals surface area contributed by atoms with Crippen molar-refractivity contribution in [2.24, 2.45) is 7.05 Å². The summed E-state index contributed by atoms with van der Waals surface area (Å²) in [5.74, 6) is 0.654. The van der Waals surface area contributed by atoms with Crippen molar-refractivity contribution in [3.05, 3.63) is 48.8 Å². The van der Waals surface area contributed by atoms with E-state index in [4.69, 9.17) is 9.84 Å². The largest absolute Gasteiger partial charge is 0.491 e. The van der Waals surface area contributed by atoms with Gasteiger partial charge in [-0.2, -0.15) is 0 Å². The minimum absolute atomic E-state index is 0.0560. The molecule has 0 aliphatic rings. The normalized spacial score (nSPS) is 12.8. The Balaban J connectivity index is 1.77. The third-order valence-corrected chi connectivity index (χ3v) is 4.30. The Hall–Kier alpha value is -2.83. The lowest BCUT2D eigenvalue weighted by Gasteiger charge is -2.10. The Morgan fingerprint density at radius 2 is 2.16 bits per heavy atom. The first-order valence-corrected chi connectivity index (χ1v) is 8.10.